The van der Waals surface area contributed by atoms with Crippen molar-refractivity contribution in [2.75, 3.05) is 0 Å². The highest BCUT2D eigenvalue weighted by molar-refractivity contribution is 5.16. The molecular formula is C7H8N4O2. The van der Waals surface area contributed by atoms with Crippen molar-refractivity contribution < 1.29 is 0 Å². The molecule has 0 aliphatic heterocycles. The summed E-state index contributed by atoms with van der Waals surface area (Å²) in [4.78, 5) is 22.1. The normalized spacial score (nSPS) is 10.5. The van der Waals surface area contributed by atoms with E-state index in [-0.39, 0.29) is 11.1 Å². The van der Waals surface area contributed by atoms with Crippen LogP contribution in [0.4, 0.5) is 0 Å². The predicted molar refractivity (Wildman–Crippen MR) is 45.6 cm³/mol. The lowest BCUT2D eigenvalue weighted by atomic mass is 10.1. The van der Waals surface area contributed by atoms with Gasteiger partial charge in [-0.05, 0) is 0 Å². The van der Waals surface area contributed by atoms with E-state index in [1.807, 2.05) is 0 Å². The second kappa shape index (κ2) is 2.81. The van der Waals surface area contributed by atoms with Crippen LogP contribution in [0.5, 0.6) is 0 Å². The Morgan fingerprint density at radius 2 is 1.38 bits per heavy atom. The third kappa shape index (κ3) is 1.33. The summed E-state index contributed by atoms with van der Waals surface area (Å²) < 4.78 is 0. The minimum atomic E-state index is -0.194. The number of aromatic amines is 4. The van der Waals surface area contributed by atoms with Crippen LogP contribution < -0.4 is 11.1 Å². The number of hydrogen-bond acceptors (Lipinski definition) is 2. The van der Waals surface area contributed by atoms with Crippen LogP contribution in [-0.4, -0.2) is 20.4 Å². The van der Waals surface area contributed by atoms with Crippen LogP contribution in [-0.2, 0) is 6.42 Å². The fraction of sp³-hybridized carbons (Fsp3) is 0.143. The first kappa shape index (κ1) is 7.66. The number of rotatable bonds is 2. The Labute approximate surface area is 72.0 Å². The maximum absolute atomic E-state index is 11.0. The molecule has 13 heavy (non-hydrogen) atoms. The molecule has 2 rings (SSSR count). The van der Waals surface area contributed by atoms with Crippen molar-refractivity contribution in [2.24, 2.45) is 0 Å². The molecule has 2 aromatic rings. The Kier molecular flexibility index (Phi) is 1.66. The van der Waals surface area contributed by atoms with E-state index in [0.29, 0.717) is 17.5 Å². The summed E-state index contributed by atoms with van der Waals surface area (Å²) in [5, 5.41) is 9.93. The molecule has 68 valence electrons. The van der Waals surface area contributed by atoms with E-state index >= 15 is 0 Å². The molecule has 6 nitrogen and oxygen atoms in total. The third-order valence-corrected chi connectivity index (χ3v) is 1.83. The van der Waals surface area contributed by atoms with Gasteiger partial charge >= 0.3 is 0 Å². The van der Waals surface area contributed by atoms with Crippen LogP contribution in [0, 0.1) is 0 Å². The number of H-pyrrole nitrogens is 4. The van der Waals surface area contributed by atoms with E-state index in [0.717, 1.165) is 0 Å². The average Bonchev–Trinajstić information content (AvgIpc) is 2.65. The van der Waals surface area contributed by atoms with Gasteiger partial charge in [0.15, 0.2) is 0 Å². The maximum atomic E-state index is 11.0. The molecular weight excluding hydrogens is 172 g/mol. The molecule has 2 heterocycles. The molecule has 0 aliphatic carbocycles. The Morgan fingerprint density at radius 1 is 0.923 bits per heavy atom. The highest BCUT2D eigenvalue weighted by Gasteiger charge is 2.05. The summed E-state index contributed by atoms with van der Waals surface area (Å²) in [5.41, 5.74) is 0.705. The molecule has 4 N–H and O–H groups in total. The van der Waals surface area contributed by atoms with Crippen molar-refractivity contribution in [3.8, 4) is 0 Å². The zero-order valence-electron chi connectivity index (χ0n) is 6.68. The molecule has 0 aromatic carbocycles. The van der Waals surface area contributed by atoms with Crippen LogP contribution in [0.25, 0.3) is 0 Å². The zero-order valence-corrected chi connectivity index (χ0v) is 6.68. The van der Waals surface area contributed by atoms with Gasteiger partial charge in [-0.15, -0.1) is 0 Å². The van der Waals surface area contributed by atoms with Gasteiger partial charge in [0, 0.05) is 29.9 Å². The summed E-state index contributed by atoms with van der Waals surface area (Å²) >= 11 is 0. The number of hydrogen-bond donors (Lipinski definition) is 4. The van der Waals surface area contributed by atoms with E-state index < -0.39 is 0 Å². The predicted octanol–water partition coefficient (Wildman–Crippen LogP) is -0.690. The molecule has 2 aromatic heterocycles. The summed E-state index contributed by atoms with van der Waals surface area (Å²) in [7, 11) is 0. The Hall–Kier alpha value is -1.98. The van der Waals surface area contributed by atoms with Crippen molar-refractivity contribution >= 4 is 0 Å². The second-order valence-corrected chi connectivity index (χ2v) is 2.71. The fourth-order valence-corrected chi connectivity index (χ4v) is 1.14. The van der Waals surface area contributed by atoms with Crippen molar-refractivity contribution in [1.82, 2.24) is 20.4 Å². The first-order valence-electron chi connectivity index (χ1n) is 3.77. The van der Waals surface area contributed by atoms with Gasteiger partial charge in [0.05, 0.1) is 0 Å². The quantitative estimate of drug-likeness (QED) is 0.492. The van der Waals surface area contributed by atoms with Crippen LogP contribution in [0.3, 0.4) is 0 Å². The molecule has 0 fully saturated rings. The molecule has 0 unspecified atom stereocenters. The smallest absolute Gasteiger partial charge is 0.267 e. The van der Waals surface area contributed by atoms with E-state index in [2.05, 4.69) is 20.4 Å². The van der Waals surface area contributed by atoms with Gasteiger partial charge in [0.2, 0.25) is 0 Å². The topological polar surface area (TPSA) is 97.3 Å². The van der Waals surface area contributed by atoms with Gasteiger partial charge in [-0.1, -0.05) is 0 Å². The van der Waals surface area contributed by atoms with Gasteiger partial charge in [0.25, 0.3) is 11.1 Å². The number of nitrogens with one attached hydrogen (secondary N) is 4. The van der Waals surface area contributed by atoms with Gasteiger partial charge in [-0.25, -0.2) is 0 Å². The molecule has 0 amide bonds. The summed E-state index contributed by atoms with van der Waals surface area (Å²) in [6.07, 6.45) is 3.43. The first-order chi connectivity index (χ1) is 6.27. The summed E-state index contributed by atoms with van der Waals surface area (Å²) in [5.74, 6) is 0. The first-order valence-corrected chi connectivity index (χ1v) is 3.77. The Bertz CT molecular complexity index is 454. The van der Waals surface area contributed by atoms with Gasteiger partial charge in [0.1, 0.15) is 0 Å². The van der Waals surface area contributed by atoms with Crippen molar-refractivity contribution in [1.29, 1.82) is 0 Å². The maximum Gasteiger partial charge on any atom is 0.267 e. The largest absolute Gasteiger partial charge is 0.305 e. The lowest BCUT2D eigenvalue weighted by molar-refractivity contribution is 1.05. The standard InChI is InChI=1S/C7H8N4O2/c12-6-4(2-8-10-6)1-5-3-9-11-7(5)13/h2-3H,1H2,(H2,8,10,12)(H2,9,11,13). The fourth-order valence-electron chi connectivity index (χ4n) is 1.14. The Balaban J connectivity index is 2.35. The van der Waals surface area contributed by atoms with Crippen molar-refractivity contribution in [2.45, 2.75) is 6.42 Å². The van der Waals surface area contributed by atoms with Crippen LogP contribution in [0.15, 0.2) is 22.0 Å². The highest BCUT2D eigenvalue weighted by atomic mass is 16.1. The monoisotopic (exact) mass is 180 g/mol. The minimum absolute atomic E-state index is 0.194. The molecule has 0 saturated heterocycles. The van der Waals surface area contributed by atoms with E-state index in [1.54, 1.807) is 12.4 Å². The van der Waals surface area contributed by atoms with Crippen LogP contribution in [0.2, 0.25) is 0 Å². The molecule has 6 heteroatoms. The van der Waals surface area contributed by atoms with E-state index in [9.17, 15) is 9.59 Å². The SMILES string of the molecule is O=c1[nH][nH]cc1Cc1c[nH][nH]c1=O. The molecule has 0 bridgehead atoms. The highest BCUT2D eigenvalue weighted by Crippen LogP contribution is 1.96. The zero-order chi connectivity index (χ0) is 9.26. The van der Waals surface area contributed by atoms with Crippen molar-refractivity contribution in [3.63, 3.8) is 0 Å². The van der Waals surface area contributed by atoms with E-state index in [1.165, 1.54) is 0 Å². The molecule has 0 radical (unpaired) electrons. The van der Waals surface area contributed by atoms with E-state index in [4.69, 9.17) is 0 Å². The minimum Gasteiger partial charge on any atom is -0.305 e. The molecule has 0 spiro atoms. The molecule has 0 saturated carbocycles. The Morgan fingerprint density at radius 3 is 1.69 bits per heavy atom. The van der Waals surface area contributed by atoms with Crippen LogP contribution in [0.1, 0.15) is 11.1 Å². The van der Waals surface area contributed by atoms with Gasteiger partial charge < -0.3 is 10.2 Å². The summed E-state index contributed by atoms with van der Waals surface area (Å²) in [6, 6.07) is 0. The molecule has 0 atom stereocenters. The van der Waals surface area contributed by atoms with Crippen molar-refractivity contribution in [3.05, 3.63) is 44.2 Å². The number of aromatic nitrogens is 4. The molecule has 0 aliphatic rings. The second-order valence-electron chi connectivity index (χ2n) is 2.71. The lowest BCUT2D eigenvalue weighted by Crippen LogP contribution is -2.11. The van der Waals surface area contributed by atoms with Gasteiger partial charge in [-0.3, -0.25) is 19.8 Å². The lowest BCUT2D eigenvalue weighted by Gasteiger charge is -1.87. The van der Waals surface area contributed by atoms with Crippen LogP contribution >= 0.6 is 0 Å². The third-order valence-electron chi connectivity index (χ3n) is 1.83. The van der Waals surface area contributed by atoms with Gasteiger partial charge in [-0.2, -0.15) is 0 Å². The summed E-state index contributed by atoms with van der Waals surface area (Å²) in [6.45, 7) is 0. The average molecular weight is 180 g/mol.